The summed E-state index contributed by atoms with van der Waals surface area (Å²) in [6.07, 6.45) is 2.33. The molecule has 3 aromatic heterocycles. The van der Waals surface area contributed by atoms with Crippen molar-refractivity contribution in [3.05, 3.63) is 70.2 Å². The minimum atomic E-state index is -4.16. The number of aromatic nitrogens is 2. The highest BCUT2D eigenvalue weighted by atomic mass is 32.2. The van der Waals surface area contributed by atoms with Gasteiger partial charge in [0.15, 0.2) is 9.90 Å². The fourth-order valence-electron chi connectivity index (χ4n) is 3.22. The Morgan fingerprint density at radius 2 is 1.91 bits per heavy atom. The van der Waals surface area contributed by atoms with E-state index >= 15 is 0 Å². The van der Waals surface area contributed by atoms with E-state index in [1.54, 1.807) is 24.3 Å². The average Bonchev–Trinajstić information content (AvgIpc) is 3.27. The topological polar surface area (TPSA) is 135 Å². The van der Waals surface area contributed by atoms with E-state index in [1.165, 1.54) is 29.7 Å². The van der Waals surface area contributed by atoms with Crippen LogP contribution in [0.15, 0.2) is 59.8 Å². The summed E-state index contributed by atoms with van der Waals surface area (Å²) >= 11 is 1.53. The molecule has 3 rings (SSSR count). The third kappa shape index (κ3) is 5.23. The van der Waals surface area contributed by atoms with Crippen LogP contribution in [-0.4, -0.2) is 36.0 Å². The number of hydrogen-bond acceptors (Lipinski definition) is 8. The third-order valence-electron chi connectivity index (χ3n) is 5.65. The molecule has 8 nitrogen and oxygen atoms in total. The van der Waals surface area contributed by atoms with Crippen molar-refractivity contribution < 1.29 is 18.3 Å². The van der Waals surface area contributed by atoms with Crippen molar-refractivity contribution in [2.24, 2.45) is 5.73 Å². The largest absolute Gasteiger partial charge is 0.480 e. The van der Waals surface area contributed by atoms with Gasteiger partial charge in [-0.15, -0.1) is 11.3 Å². The van der Waals surface area contributed by atoms with Crippen LogP contribution in [0.1, 0.15) is 42.6 Å². The number of sulfone groups is 1. The standard InChI is InChI=1S/C23H28N4O4S2/c1-4-22(2,3)18-12-11-16(32-18)14-23(24,33(30,31)20-10-5-6-13-25-20)17-8-7-9-19(27-17)26-15-21(28)29/h5-13H,4,14-15,24H2,1-3H3,(H,26,27)(H,28,29). The molecule has 1 unspecified atom stereocenters. The number of nitrogens with zero attached hydrogens (tertiary/aromatic N) is 2. The van der Waals surface area contributed by atoms with Gasteiger partial charge in [-0.25, -0.2) is 18.4 Å². The van der Waals surface area contributed by atoms with Crippen molar-refractivity contribution in [3.8, 4) is 0 Å². The Bertz CT molecular complexity index is 1230. The molecule has 0 aliphatic carbocycles. The highest BCUT2D eigenvalue weighted by Gasteiger charge is 2.45. The molecule has 0 radical (unpaired) electrons. The number of aliphatic carboxylic acids is 1. The number of nitrogens with one attached hydrogen (secondary N) is 1. The van der Waals surface area contributed by atoms with Crippen LogP contribution < -0.4 is 11.1 Å². The van der Waals surface area contributed by atoms with Crippen LogP contribution in [0.2, 0.25) is 0 Å². The number of carbonyl (C=O) groups is 1. The zero-order valence-corrected chi connectivity index (χ0v) is 20.4. The summed E-state index contributed by atoms with van der Waals surface area (Å²) < 4.78 is 27.5. The molecule has 0 bridgehead atoms. The third-order valence-corrected chi connectivity index (χ3v) is 9.20. The SMILES string of the molecule is CCC(C)(C)c1ccc(CC(N)(c2cccc(NCC(=O)O)n2)S(=O)(=O)c2ccccn2)s1. The first-order chi connectivity index (χ1) is 15.5. The van der Waals surface area contributed by atoms with Crippen LogP contribution in [0.25, 0.3) is 0 Å². The average molecular weight is 489 g/mol. The fraction of sp³-hybridized carbons (Fsp3) is 0.348. The van der Waals surface area contributed by atoms with Crippen molar-refractivity contribution >= 4 is 33.0 Å². The first-order valence-corrected chi connectivity index (χ1v) is 12.8. The van der Waals surface area contributed by atoms with Gasteiger partial charge in [-0.2, -0.15) is 0 Å². The number of nitrogens with two attached hydrogens (primary N) is 1. The highest BCUT2D eigenvalue weighted by molar-refractivity contribution is 7.92. The normalized spacial score (nSPS) is 13.9. The van der Waals surface area contributed by atoms with E-state index in [9.17, 15) is 13.2 Å². The quantitative estimate of drug-likeness (QED) is 0.394. The van der Waals surface area contributed by atoms with Gasteiger partial charge in [-0.3, -0.25) is 4.79 Å². The minimum absolute atomic E-state index is 0.00818. The molecular formula is C23H28N4O4S2. The molecule has 1 atom stereocenters. The van der Waals surface area contributed by atoms with Gasteiger partial charge >= 0.3 is 5.97 Å². The molecule has 0 spiro atoms. The highest BCUT2D eigenvalue weighted by Crippen LogP contribution is 2.38. The maximum atomic E-state index is 13.8. The first-order valence-electron chi connectivity index (χ1n) is 10.5. The van der Waals surface area contributed by atoms with Crippen LogP contribution in [-0.2, 0) is 31.3 Å². The van der Waals surface area contributed by atoms with E-state index in [1.807, 2.05) is 12.1 Å². The van der Waals surface area contributed by atoms with E-state index < -0.39 is 20.7 Å². The lowest BCUT2D eigenvalue weighted by molar-refractivity contribution is -0.134. The predicted octanol–water partition coefficient (Wildman–Crippen LogP) is 3.55. The maximum Gasteiger partial charge on any atom is 0.322 e. The number of hydrogen-bond donors (Lipinski definition) is 3. The van der Waals surface area contributed by atoms with Crippen LogP contribution in [0.3, 0.4) is 0 Å². The smallest absolute Gasteiger partial charge is 0.322 e. The summed E-state index contributed by atoms with van der Waals surface area (Å²) in [6.45, 7) is 6.03. The van der Waals surface area contributed by atoms with Gasteiger partial charge in [0, 0.05) is 22.4 Å². The second-order valence-electron chi connectivity index (χ2n) is 8.40. The Kier molecular flexibility index (Phi) is 7.20. The summed E-state index contributed by atoms with van der Waals surface area (Å²) in [5.74, 6) is -0.841. The Morgan fingerprint density at radius 1 is 1.15 bits per heavy atom. The number of carboxylic acid groups (broad SMARTS) is 1. The number of rotatable bonds is 10. The molecule has 0 saturated carbocycles. The van der Waals surface area contributed by atoms with Gasteiger partial charge in [0.25, 0.3) is 0 Å². The van der Waals surface area contributed by atoms with E-state index in [-0.39, 0.29) is 34.9 Å². The lowest BCUT2D eigenvalue weighted by Gasteiger charge is -2.28. The molecule has 0 saturated heterocycles. The molecule has 0 aliphatic rings. The van der Waals surface area contributed by atoms with Crippen molar-refractivity contribution in [1.82, 2.24) is 9.97 Å². The number of pyridine rings is 2. The summed E-state index contributed by atoms with van der Waals surface area (Å²) in [6, 6.07) is 13.2. The van der Waals surface area contributed by atoms with Crippen molar-refractivity contribution in [2.45, 2.75) is 48.9 Å². The second-order valence-corrected chi connectivity index (χ2v) is 11.7. The van der Waals surface area contributed by atoms with Crippen LogP contribution in [0.4, 0.5) is 5.82 Å². The van der Waals surface area contributed by atoms with Crippen LogP contribution in [0.5, 0.6) is 0 Å². The van der Waals surface area contributed by atoms with E-state index in [0.717, 1.165) is 16.2 Å². The summed E-state index contributed by atoms with van der Waals surface area (Å²) in [4.78, 5) is 19.4. The monoisotopic (exact) mass is 488 g/mol. The number of anilines is 1. The van der Waals surface area contributed by atoms with Crippen molar-refractivity contribution in [2.75, 3.05) is 11.9 Å². The van der Waals surface area contributed by atoms with Gasteiger partial charge in [0.2, 0.25) is 9.84 Å². The van der Waals surface area contributed by atoms with E-state index in [0.29, 0.717) is 0 Å². The summed E-state index contributed by atoms with van der Waals surface area (Å²) in [5, 5.41) is 11.5. The molecule has 0 fully saturated rings. The van der Waals surface area contributed by atoms with Gasteiger partial charge in [-0.05, 0) is 48.2 Å². The molecule has 0 aromatic carbocycles. The Labute approximate surface area is 197 Å². The Balaban J connectivity index is 2.10. The Morgan fingerprint density at radius 3 is 2.55 bits per heavy atom. The molecule has 4 N–H and O–H groups in total. The molecule has 10 heteroatoms. The summed E-state index contributed by atoms with van der Waals surface area (Å²) in [5.41, 5.74) is 6.77. The maximum absolute atomic E-state index is 13.8. The van der Waals surface area contributed by atoms with Gasteiger partial charge in [-0.1, -0.05) is 32.9 Å². The summed E-state index contributed by atoms with van der Waals surface area (Å²) in [7, 11) is -4.16. The van der Waals surface area contributed by atoms with Crippen LogP contribution >= 0.6 is 11.3 Å². The van der Waals surface area contributed by atoms with Crippen molar-refractivity contribution in [1.29, 1.82) is 0 Å². The second kappa shape index (κ2) is 9.58. The fourth-order valence-corrected chi connectivity index (χ4v) is 6.15. The predicted molar refractivity (Wildman–Crippen MR) is 129 cm³/mol. The molecule has 33 heavy (non-hydrogen) atoms. The molecule has 176 valence electrons. The van der Waals surface area contributed by atoms with E-state index in [2.05, 4.69) is 36.1 Å². The first kappa shape index (κ1) is 24.8. The van der Waals surface area contributed by atoms with Gasteiger partial charge < -0.3 is 16.2 Å². The van der Waals surface area contributed by atoms with E-state index in [4.69, 9.17) is 10.8 Å². The van der Waals surface area contributed by atoms with Gasteiger partial charge in [0.05, 0.1) is 5.69 Å². The zero-order chi connectivity index (χ0) is 24.3. The van der Waals surface area contributed by atoms with Crippen molar-refractivity contribution in [3.63, 3.8) is 0 Å². The molecule has 0 amide bonds. The number of carboxylic acids is 1. The lowest BCUT2D eigenvalue weighted by atomic mass is 9.89. The van der Waals surface area contributed by atoms with Crippen LogP contribution in [0, 0.1) is 0 Å². The minimum Gasteiger partial charge on any atom is -0.480 e. The molecule has 3 aromatic rings. The number of thiophene rings is 1. The molecule has 0 aliphatic heterocycles. The lowest BCUT2D eigenvalue weighted by Crippen LogP contribution is -2.47. The molecular weight excluding hydrogens is 460 g/mol. The van der Waals surface area contributed by atoms with Gasteiger partial charge in [0.1, 0.15) is 12.4 Å². The molecule has 3 heterocycles. The zero-order valence-electron chi connectivity index (χ0n) is 18.8. The Hall–Kier alpha value is -2.82.